The summed E-state index contributed by atoms with van der Waals surface area (Å²) in [5, 5.41) is 0. The molecule has 3 unspecified atom stereocenters. The first-order valence-electron chi connectivity index (χ1n) is 5.84. The lowest BCUT2D eigenvalue weighted by Crippen LogP contribution is -2.30. The quantitative estimate of drug-likeness (QED) is 0.814. The summed E-state index contributed by atoms with van der Waals surface area (Å²) in [5.41, 5.74) is 6.82. The fraction of sp³-hybridized carbons (Fsp3) is 0.462. The van der Waals surface area contributed by atoms with Crippen LogP contribution in [0.5, 0.6) is 0 Å². The highest BCUT2D eigenvalue weighted by atomic mass is 16.2. The van der Waals surface area contributed by atoms with Crippen molar-refractivity contribution in [3.8, 4) is 0 Å². The highest BCUT2D eigenvalue weighted by molar-refractivity contribution is 5.85. The number of amides is 1. The molecule has 1 aliphatic carbocycles. The molecule has 2 fully saturated rings. The van der Waals surface area contributed by atoms with Gasteiger partial charge in [-0.2, -0.15) is 0 Å². The van der Waals surface area contributed by atoms with Gasteiger partial charge in [-0.1, -0.05) is 30.3 Å². The van der Waals surface area contributed by atoms with Crippen LogP contribution < -0.4 is 5.73 Å². The van der Waals surface area contributed by atoms with E-state index in [1.54, 1.807) is 0 Å². The third kappa shape index (κ3) is 1.43. The summed E-state index contributed by atoms with van der Waals surface area (Å²) < 4.78 is 0. The Bertz CT molecular complexity index is 404. The van der Waals surface area contributed by atoms with E-state index in [-0.39, 0.29) is 5.92 Å². The maximum atomic E-state index is 12.0. The van der Waals surface area contributed by atoms with Crippen molar-refractivity contribution < 1.29 is 4.79 Å². The molecular formula is C13H16N2O. The van der Waals surface area contributed by atoms with E-state index in [4.69, 9.17) is 5.73 Å². The SMILES string of the molecule is NCC1C2CN(Cc3ccccc3)C(=O)C12. The van der Waals surface area contributed by atoms with Crippen molar-refractivity contribution in [2.75, 3.05) is 13.1 Å². The van der Waals surface area contributed by atoms with Crippen LogP contribution >= 0.6 is 0 Å². The van der Waals surface area contributed by atoms with Crippen LogP contribution in [0, 0.1) is 17.8 Å². The van der Waals surface area contributed by atoms with Crippen LogP contribution in [0.1, 0.15) is 5.56 Å². The van der Waals surface area contributed by atoms with E-state index in [0.717, 1.165) is 13.1 Å². The van der Waals surface area contributed by atoms with Gasteiger partial charge in [0.1, 0.15) is 0 Å². The van der Waals surface area contributed by atoms with E-state index in [1.165, 1.54) is 5.56 Å². The average molecular weight is 216 g/mol. The van der Waals surface area contributed by atoms with Gasteiger partial charge in [0.25, 0.3) is 0 Å². The molecule has 16 heavy (non-hydrogen) atoms. The molecule has 1 amide bonds. The molecule has 2 N–H and O–H groups in total. The van der Waals surface area contributed by atoms with E-state index in [0.29, 0.717) is 24.3 Å². The number of hydrogen-bond donors (Lipinski definition) is 1. The lowest BCUT2D eigenvalue weighted by Gasteiger charge is -2.19. The lowest BCUT2D eigenvalue weighted by molar-refractivity contribution is -0.131. The number of carbonyl (C=O) groups is 1. The largest absolute Gasteiger partial charge is 0.338 e. The molecule has 0 bridgehead atoms. The van der Waals surface area contributed by atoms with Crippen molar-refractivity contribution in [3.63, 3.8) is 0 Å². The molecule has 1 saturated heterocycles. The van der Waals surface area contributed by atoms with Gasteiger partial charge in [0, 0.05) is 19.0 Å². The maximum absolute atomic E-state index is 12.0. The van der Waals surface area contributed by atoms with Crippen LogP contribution in [-0.4, -0.2) is 23.9 Å². The van der Waals surface area contributed by atoms with Gasteiger partial charge in [-0.25, -0.2) is 0 Å². The summed E-state index contributed by atoms with van der Waals surface area (Å²) >= 11 is 0. The molecule has 3 atom stereocenters. The monoisotopic (exact) mass is 216 g/mol. The maximum Gasteiger partial charge on any atom is 0.226 e. The van der Waals surface area contributed by atoms with Crippen molar-refractivity contribution in [2.45, 2.75) is 6.54 Å². The molecule has 1 aromatic rings. The van der Waals surface area contributed by atoms with Gasteiger partial charge in [0.2, 0.25) is 5.91 Å². The van der Waals surface area contributed by atoms with E-state index >= 15 is 0 Å². The molecule has 3 nitrogen and oxygen atoms in total. The number of nitrogens with zero attached hydrogens (tertiary/aromatic N) is 1. The molecule has 2 aliphatic rings. The smallest absolute Gasteiger partial charge is 0.226 e. The van der Waals surface area contributed by atoms with Gasteiger partial charge in [0.05, 0.1) is 0 Å². The minimum atomic E-state index is 0.244. The highest BCUT2D eigenvalue weighted by Crippen LogP contribution is 2.51. The van der Waals surface area contributed by atoms with Crippen molar-refractivity contribution in [1.29, 1.82) is 0 Å². The van der Waals surface area contributed by atoms with Crippen molar-refractivity contribution in [1.82, 2.24) is 4.90 Å². The Morgan fingerprint density at radius 3 is 2.62 bits per heavy atom. The van der Waals surface area contributed by atoms with Crippen LogP contribution in [0.4, 0.5) is 0 Å². The Labute approximate surface area is 95.2 Å². The van der Waals surface area contributed by atoms with Crippen molar-refractivity contribution in [3.05, 3.63) is 35.9 Å². The van der Waals surface area contributed by atoms with Crippen LogP contribution in [0.2, 0.25) is 0 Å². The second kappa shape index (κ2) is 3.59. The first-order valence-corrected chi connectivity index (χ1v) is 5.84. The molecule has 0 aromatic heterocycles. The molecule has 1 aliphatic heterocycles. The zero-order valence-corrected chi connectivity index (χ0v) is 9.17. The Morgan fingerprint density at radius 2 is 2.06 bits per heavy atom. The second-order valence-corrected chi connectivity index (χ2v) is 4.79. The van der Waals surface area contributed by atoms with Gasteiger partial charge in [-0.05, 0) is 23.9 Å². The average Bonchev–Trinajstić information content (AvgIpc) is 2.92. The fourth-order valence-electron chi connectivity index (χ4n) is 2.88. The van der Waals surface area contributed by atoms with Gasteiger partial charge in [-0.15, -0.1) is 0 Å². The molecule has 84 valence electrons. The summed E-state index contributed by atoms with van der Waals surface area (Å²) in [6, 6.07) is 10.2. The minimum Gasteiger partial charge on any atom is -0.338 e. The fourth-order valence-corrected chi connectivity index (χ4v) is 2.88. The number of benzene rings is 1. The Kier molecular flexibility index (Phi) is 2.21. The number of fused-ring (bicyclic) bond motifs is 1. The van der Waals surface area contributed by atoms with E-state index in [2.05, 4.69) is 12.1 Å². The predicted molar refractivity (Wildman–Crippen MR) is 61.4 cm³/mol. The molecule has 1 aromatic carbocycles. The molecule has 3 heteroatoms. The van der Waals surface area contributed by atoms with Crippen molar-refractivity contribution >= 4 is 5.91 Å². The molecule has 0 radical (unpaired) electrons. The van der Waals surface area contributed by atoms with Gasteiger partial charge < -0.3 is 10.6 Å². The second-order valence-electron chi connectivity index (χ2n) is 4.79. The number of carbonyl (C=O) groups excluding carboxylic acids is 1. The van der Waals surface area contributed by atoms with Gasteiger partial charge in [-0.3, -0.25) is 4.79 Å². The zero-order chi connectivity index (χ0) is 11.1. The lowest BCUT2D eigenvalue weighted by atomic mass is 10.2. The first kappa shape index (κ1) is 9.85. The Hall–Kier alpha value is -1.35. The van der Waals surface area contributed by atoms with E-state index < -0.39 is 0 Å². The number of likely N-dealkylation sites (tertiary alicyclic amines) is 1. The summed E-state index contributed by atoms with van der Waals surface area (Å²) in [5.74, 6) is 1.57. The minimum absolute atomic E-state index is 0.244. The first-order chi connectivity index (χ1) is 7.81. The van der Waals surface area contributed by atoms with E-state index in [9.17, 15) is 4.79 Å². The summed E-state index contributed by atoms with van der Waals surface area (Å²) in [7, 11) is 0. The molecular weight excluding hydrogens is 200 g/mol. The van der Waals surface area contributed by atoms with Crippen LogP contribution in [0.25, 0.3) is 0 Å². The normalized spacial score (nSPS) is 31.7. The Balaban J connectivity index is 1.66. The number of rotatable bonds is 3. The summed E-state index contributed by atoms with van der Waals surface area (Å²) in [4.78, 5) is 14.0. The van der Waals surface area contributed by atoms with E-state index in [1.807, 2.05) is 23.1 Å². The van der Waals surface area contributed by atoms with Crippen LogP contribution in [0.3, 0.4) is 0 Å². The third-order valence-corrected chi connectivity index (χ3v) is 3.85. The standard InChI is InChI=1S/C13H16N2O/c14-6-10-11-8-15(13(16)12(10)11)7-9-4-2-1-3-5-9/h1-5,10-12H,6-8,14H2. The molecule has 0 spiro atoms. The summed E-state index contributed by atoms with van der Waals surface area (Å²) in [6.07, 6.45) is 0. The molecule has 1 saturated carbocycles. The third-order valence-electron chi connectivity index (χ3n) is 3.85. The number of hydrogen-bond acceptors (Lipinski definition) is 2. The molecule has 1 heterocycles. The molecule has 3 rings (SSSR count). The summed E-state index contributed by atoms with van der Waals surface area (Å²) in [6.45, 7) is 2.32. The van der Waals surface area contributed by atoms with Crippen LogP contribution in [0.15, 0.2) is 30.3 Å². The van der Waals surface area contributed by atoms with Gasteiger partial charge >= 0.3 is 0 Å². The zero-order valence-electron chi connectivity index (χ0n) is 9.17. The van der Waals surface area contributed by atoms with Crippen LogP contribution in [-0.2, 0) is 11.3 Å². The topological polar surface area (TPSA) is 46.3 Å². The van der Waals surface area contributed by atoms with Crippen molar-refractivity contribution in [2.24, 2.45) is 23.5 Å². The highest BCUT2D eigenvalue weighted by Gasteiger charge is 2.60. The number of nitrogens with two attached hydrogens (primary N) is 1. The number of piperidine rings is 1. The van der Waals surface area contributed by atoms with Gasteiger partial charge in [0.15, 0.2) is 0 Å². The predicted octanol–water partition coefficient (Wildman–Crippen LogP) is 0.850. The Morgan fingerprint density at radius 1 is 1.31 bits per heavy atom.